The second-order valence-corrected chi connectivity index (χ2v) is 5.76. The van der Waals surface area contributed by atoms with Crippen molar-refractivity contribution in [3.63, 3.8) is 0 Å². The summed E-state index contributed by atoms with van der Waals surface area (Å²) in [5.74, 6) is 0.213. The van der Waals surface area contributed by atoms with Crippen molar-refractivity contribution >= 4 is 5.91 Å². The van der Waals surface area contributed by atoms with Gasteiger partial charge in [0.25, 0.3) is 0 Å². The lowest BCUT2D eigenvalue weighted by atomic mass is 10.0. The maximum Gasteiger partial charge on any atom is 0.220 e. The van der Waals surface area contributed by atoms with Crippen LogP contribution < -0.4 is 10.6 Å². The van der Waals surface area contributed by atoms with Crippen LogP contribution in [0.25, 0.3) is 0 Å². The minimum absolute atomic E-state index is 0.213. The zero-order valence-corrected chi connectivity index (χ0v) is 11.4. The molecule has 0 saturated heterocycles. The molecule has 1 saturated carbocycles. The molecule has 3 heteroatoms. The molecule has 3 rings (SSSR count). The fourth-order valence-corrected chi connectivity index (χ4v) is 3.13. The van der Waals surface area contributed by atoms with Crippen molar-refractivity contribution < 1.29 is 4.79 Å². The van der Waals surface area contributed by atoms with E-state index in [1.54, 1.807) is 0 Å². The zero-order valence-electron chi connectivity index (χ0n) is 11.4. The highest BCUT2D eigenvalue weighted by atomic mass is 16.1. The number of fused-ring (bicyclic) bond motifs is 1. The molecule has 0 radical (unpaired) electrons. The molecule has 1 aromatic carbocycles. The van der Waals surface area contributed by atoms with Crippen LogP contribution in [0.2, 0.25) is 0 Å². The van der Waals surface area contributed by atoms with E-state index in [0.29, 0.717) is 12.5 Å². The van der Waals surface area contributed by atoms with E-state index in [-0.39, 0.29) is 5.91 Å². The molecule has 2 aliphatic rings. The molecule has 19 heavy (non-hydrogen) atoms. The molecule has 3 nitrogen and oxygen atoms in total. The molecule has 0 aromatic heterocycles. The fourth-order valence-electron chi connectivity index (χ4n) is 3.13. The van der Waals surface area contributed by atoms with Gasteiger partial charge in [-0.3, -0.25) is 4.79 Å². The predicted octanol–water partition coefficient (Wildman–Crippen LogP) is 2.28. The van der Waals surface area contributed by atoms with Crippen molar-refractivity contribution in [3.05, 3.63) is 34.9 Å². The smallest absolute Gasteiger partial charge is 0.220 e. The van der Waals surface area contributed by atoms with Crippen LogP contribution in [0.15, 0.2) is 18.2 Å². The minimum atomic E-state index is 0.213. The number of rotatable bonds is 4. The Morgan fingerprint density at radius 3 is 2.84 bits per heavy atom. The lowest BCUT2D eigenvalue weighted by Crippen LogP contribution is -2.32. The van der Waals surface area contributed by atoms with Gasteiger partial charge in [-0.15, -0.1) is 0 Å². The topological polar surface area (TPSA) is 41.1 Å². The number of amides is 1. The third kappa shape index (κ3) is 3.16. The van der Waals surface area contributed by atoms with E-state index in [2.05, 4.69) is 28.8 Å². The number of hydrogen-bond acceptors (Lipinski definition) is 2. The first kappa shape index (κ1) is 12.7. The third-order valence-corrected chi connectivity index (χ3v) is 4.26. The number of benzene rings is 1. The summed E-state index contributed by atoms with van der Waals surface area (Å²) in [7, 11) is 0. The Morgan fingerprint density at radius 2 is 2.00 bits per heavy atom. The van der Waals surface area contributed by atoms with Crippen LogP contribution in [0.4, 0.5) is 0 Å². The van der Waals surface area contributed by atoms with Crippen molar-refractivity contribution in [1.29, 1.82) is 0 Å². The van der Waals surface area contributed by atoms with E-state index >= 15 is 0 Å². The van der Waals surface area contributed by atoms with Crippen molar-refractivity contribution in [2.24, 2.45) is 0 Å². The molecule has 102 valence electrons. The quantitative estimate of drug-likeness (QED) is 0.870. The number of aryl methyl sites for hydroxylation is 1. The van der Waals surface area contributed by atoms with Gasteiger partial charge < -0.3 is 10.6 Å². The van der Waals surface area contributed by atoms with Gasteiger partial charge in [0.1, 0.15) is 0 Å². The largest absolute Gasteiger partial charge is 0.353 e. The Labute approximate surface area is 114 Å². The summed E-state index contributed by atoms with van der Waals surface area (Å²) in [5.41, 5.74) is 4.08. The summed E-state index contributed by atoms with van der Waals surface area (Å²) in [6.45, 7) is 1.95. The number of nitrogens with one attached hydrogen (secondary N) is 2. The van der Waals surface area contributed by atoms with E-state index < -0.39 is 0 Å². The Hall–Kier alpha value is -1.35. The highest BCUT2D eigenvalue weighted by Gasteiger charge is 2.17. The van der Waals surface area contributed by atoms with Gasteiger partial charge >= 0.3 is 0 Å². The monoisotopic (exact) mass is 258 g/mol. The van der Waals surface area contributed by atoms with Gasteiger partial charge in [0, 0.05) is 25.6 Å². The van der Waals surface area contributed by atoms with Gasteiger partial charge in [-0.1, -0.05) is 31.0 Å². The number of hydrogen-bond donors (Lipinski definition) is 2. The summed E-state index contributed by atoms with van der Waals surface area (Å²) in [5, 5.41) is 6.50. The molecule has 1 amide bonds. The van der Waals surface area contributed by atoms with E-state index in [4.69, 9.17) is 0 Å². The van der Waals surface area contributed by atoms with Crippen molar-refractivity contribution in [2.75, 3.05) is 0 Å². The molecule has 1 aliphatic heterocycles. The van der Waals surface area contributed by atoms with E-state index in [0.717, 1.165) is 32.4 Å². The molecule has 1 heterocycles. The summed E-state index contributed by atoms with van der Waals surface area (Å²) >= 11 is 0. The number of carbonyl (C=O) groups excluding carboxylic acids is 1. The molecular weight excluding hydrogens is 236 g/mol. The van der Waals surface area contributed by atoms with Crippen LogP contribution in [-0.4, -0.2) is 11.9 Å². The van der Waals surface area contributed by atoms with Crippen LogP contribution in [0.1, 0.15) is 48.8 Å². The first-order valence-electron chi connectivity index (χ1n) is 7.42. The molecule has 0 bridgehead atoms. The lowest BCUT2D eigenvalue weighted by molar-refractivity contribution is -0.121. The van der Waals surface area contributed by atoms with Crippen LogP contribution >= 0.6 is 0 Å². The van der Waals surface area contributed by atoms with Gasteiger partial charge in [-0.2, -0.15) is 0 Å². The second kappa shape index (κ2) is 5.74. The van der Waals surface area contributed by atoms with Gasteiger partial charge in [0.2, 0.25) is 5.91 Å². The van der Waals surface area contributed by atoms with Crippen molar-refractivity contribution in [1.82, 2.24) is 10.6 Å². The van der Waals surface area contributed by atoms with Gasteiger partial charge in [-0.05, 0) is 36.0 Å². The molecule has 2 N–H and O–H groups in total. The van der Waals surface area contributed by atoms with Crippen molar-refractivity contribution in [2.45, 2.75) is 57.7 Å². The highest BCUT2D eigenvalue weighted by molar-refractivity contribution is 5.76. The third-order valence-electron chi connectivity index (χ3n) is 4.26. The summed E-state index contributed by atoms with van der Waals surface area (Å²) in [6.07, 6.45) is 6.33. The summed E-state index contributed by atoms with van der Waals surface area (Å²) in [6, 6.07) is 7.04. The molecule has 0 atom stereocenters. The summed E-state index contributed by atoms with van der Waals surface area (Å²) < 4.78 is 0. The van der Waals surface area contributed by atoms with E-state index in [1.807, 2.05) is 0 Å². The van der Waals surface area contributed by atoms with Crippen molar-refractivity contribution in [3.8, 4) is 0 Å². The molecule has 1 aromatic rings. The molecule has 1 fully saturated rings. The second-order valence-electron chi connectivity index (χ2n) is 5.76. The molecule has 0 unspecified atom stereocenters. The molecular formula is C16H22N2O. The average Bonchev–Trinajstić information content (AvgIpc) is 3.06. The Morgan fingerprint density at radius 1 is 1.21 bits per heavy atom. The van der Waals surface area contributed by atoms with Gasteiger partial charge in [0.05, 0.1) is 0 Å². The normalized spacial score (nSPS) is 18.5. The summed E-state index contributed by atoms with van der Waals surface area (Å²) in [4.78, 5) is 11.9. The molecule has 0 spiro atoms. The number of carbonyl (C=O) groups is 1. The molecule has 1 aliphatic carbocycles. The van der Waals surface area contributed by atoms with E-state index in [1.165, 1.54) is 29.5 Å². The van der Waals surface area contributed by atoms with Crippen LogP contribution in [0.5, 0.6) is 0 Å². The Balaban J connectivity index is 1.50. The van der Waals surface area contributed by atoms with Crippen LogP contribution in [0.3, 0.4) is 0 Å². The maximum absolute atomic E-state index is 11.9. The SMILES string of the molecule is O=C(CCc1ccc2c(c1)CNC2)NC1CCCC1. The zero-order chi connectivity index (χ0) is 13.1. The van der Waals surface area contributed by atoms with Crippen LogP contribution in [-0.2, 0) is 24.3 Å². The van der Waals surface area contributed by atoms with E-state index in [9.17, 15) is 4.79 Å². The maximum atomic E-state index is 11.9. The van der Waals surface area contributed by atoms with Gasteiger partial charge in [0.15, 0.2) is 0 Å². The predicted molar refractivity (Wildman–Crippen MR) is 75.7 cm³/mol. The standard InChI is InChI=1S/C16H22N2O/c19-16(18-15-3-1-2-4-15)8-6-12-5-7-13-10-17-11-14(13)9-12/h5,7,9,15,17H,1-4,6,8,10-11H2,(H,18,19). The average molecular weight is 258 g/mol. The van der Waals surface area contributed by atoms with Gasteiger partial charge in [-0.25, -0.2) is 0 Å². The lowest BCUT2D eigenvalue weighted by Gasteiger charge is -2.12. The first-order valence-corrected chi connectivity index (χ1v) is 7.42. The van der Waals surface area contributed by atoms with Crippen LogP contribution in [0, 0.1) is 0 Å². The fraction of sp³-hybridized carbons (Fsp3) is 0.562. The Kier molecular flexibility index (Phi) is 3.83. The highest BCUT2D eigenvalue weighted by Crippen LogP contribution is 2.19. The first-order chi connectivity index (χ1) is 9.31. The Bertz CT molecular complexity index is 464. The minimum Gasteiger partial charge on any atom is -0.353 e.